The molecular weight excluding hydrogens is 402 g/mol. The van der Waals surface area contributed by atoms with Crippen LogP contribution in [0.15, 0.2) is 64.4 Å². The lowest BCUT2D eigenvalue weighted by Crippen LogP contribution is -2.42. The van der Waals surface area contributed by atoms with Crippen molar-refractivity contribution in [3.05, 3.63) is 81.1 Å². The number of hydrogen-bond acceptors (Lipinski definition) is 6. The molecule has 31 heavy (non-hydrogen) atoms. The van der Waals surface area contributed by atoms with E-state index in [0.29, 0.717) is 22.9 Å². The van der Waals surface area contributed by atoms with Crippen LogP contribution in [0.4, 0.5) is 5.69 Å². The van der Waals surface area contributed by atoms with E-state index in [1.165, 1.54) is 38.3 Å². The first-order valence-electron chi connectivity index (χ1n) is 9.40. The summed E-state index contributed by atoms with van der Waals surface area (Å²) >= 11 is 0. The molecule has 0 bridgehead atoms. The number of methoxy groups -OCH3 is 3. The molecule has 1 heterocycles. The van der Waals surface area contributed by atoms with E-state index in [1.807, 2.05) is 18.2 Å². The molecule has 0 unspecified atom stereocenters. The average Bonchev–Trinajstić information content (AvgIpc) is 2.79. The van der Waals surface area contributed by atoms with Gasteiger partial charge in [0.05, 0.1) is 33.6 Å². The zero-order valence-corrected chi connectivity index (χ0v) is 17.5. The molecule has 3 rings (SSSR count). The molecule has 1 aromatic heterocycles. The topological polar surface area (TPSA) is 101 Å². The Morgan fingerprint density at radius 1 is 0.871 bits per heavy atom. The number of hydrogen-bond donors (Lipinski definition) is 1. The molecule has 9 nitrogen and oxygen atoms in total. The highest BCUT2D eigenvalue weighted by Crippen LogP contribution is 2.28. The lowest BCUT2D eigenvalue weighted by Gasteiger charge is -2.13. The molecule has 0 atom stereocenters. The van der Waals surface area contributed by atoms with Gasteiger partial charge in [0.15, 0.2) is 0 Å². The van der Waals surface area contributed by atoms with Crippen molar-refractivity contribution in [2.24, 2.45) is 0 Å². The minimum absolute atomic E-state index is 0.175. The normalized spacial score (nSPS) is 10.4. The molecule has 1 amide bonds. The molecule has 0 radical (unpaired) electrons. The van der Waals surface area contributed by atoms with Crippen LogP contribution in [0.25, 0.3) is 0 Å². The highest BCUT2D eigenvalue weighted by molar-refractivity contribution is 5.92. The third-order valence-corrected chi connectivity index (χ3v) is 4.66. The number of carbonyl (C=O) groups is 1. The maximum absolute atomic E-state index is 12.5. The van der Waals surface area contributed by atoms with Crippen LogP contribution in [0.5, 0.6) is 17.2 Å². The van der Waals surface area contributed by atoms with E-state index in [0.717, 1.165) is 10.1 Å². The minimum Gasteiger partial charge on any atom is -0.497 e. The molecular formula is C22H23N3O6. The van der Waals surface area contributed by atoms with Crippen molar-refractivity contribution in [1.82, 2.24) is 9.13 Å². The second-order valence-electron chi connectivity index (χ2n) is 6.59. The third-order valence-electron chi connectivity index (χ3n) is 4.66. The third kappa shape index (κ3) is 4.95. The molecule has 9 heteroatoms. The van der Waals surface area contributed by atoms with E-state index in [4.69, 9.17) is 14.2 Å². The molecule has 3 aromatic rings. The highest BCUT2D eigenvalue weighted by Gasteiger charge is 2.13. The Kier molecular flexibility index (Phi) is 6.76. The number of ether oxygens (including phenoxy) is 3. The smallest absolute Gasteiger partial charge is 0.316 e. The van der Waals surface area contributed by atoms with Gasteiger partial charge in [-0.15, -0.1) is 0 Å². The Bertz CT molecular complexity index is 1200. The van der Waals surface area contributed by atoms with Gasteiger partial charge in [0, 0.05) is 24.0 Å². The van der Waals surface area contributed by atoms with Crippen molar-refractivity contribution in [1.29, 1.82) is 0 Å². The second-order valence-corrected chi connectivity index (χ2v) is 6.59. The van der Waals surface area contributed by atoms with Crippen LogP contribution in [-0.2, 0) is 17.9 Å². The molecule has 0 saturated heterocycles. The fourth-order valence-electron chi connectivity index (χ4n) is 3.05. The van der Waals surface area contributed by atoms with Crippen LogP contribution >= 0.6 is 0 Å². The van der Waals surface area contributed by atoms with Crippen LogP contribution in [0.2, 0.25) is 0 Å². The summed E-state index contributed by atoms with van der Waals surface area (Å²) in [5.74, 6) is 1.12. The number of benzene rings is 2. The Balaban J connectivity index is 1.77. The van der Waals surface area contributed by atoms with Crippen LogP contribution in [0.1, 0.15) is 5.56 Å². The van der Waals surface area contributed by atoms with Gasteiger partial charge in [-0.25, -0.2) is 0 Å². The molecule has 0 saturated carbocycles. The maximum atomic E-state index is 12.5. The molecule has 162 valence electrons. The van der Waals surface area contributed by atoms with Gasteiger partial charge >= 0.3 is 11.1 Å². The fourth-order valence-corrected chi connectivity index (χ4v) is 3.05. The van der Waals surface area contributed by atoms with Crippen molar-refractivity contribution in [2.45, 2.75) is 13.1 Å². The zero-order valence-electron chi connectivity index (χ0n) is 17.5. The number of rotatable bonds is 8. The summed E-state index contributed by atoms with van der Waals surface area (Å²) in [5.41, 5.74) is -0.350. The van der Waals surface area contributed by atoms with Crippen molar-refractivity contribution in [3.63, 3.8) is 0 Å². The fraction of sp³-hybridized carbons (Fsp3) is 0.227. The quantitative estimate of drug-likeness (QED) is 0.552. The second kappa shape index (κ2) is 9.66. The number of para-hydroxylation sites is 1. The van der Waals surface area contributed by atoms with E-state index < -0.39 is 17.0 Å². The predicted octanol–water partition coefficient (Wildman–Crippen LogP) is 1.72. The molecule has 0 spiro atoms. The molecule has 0 aliphatic rings. The number of nitrogens with one attached hydrogen (secondary N) is 1. The summed E-state index contributed by atoms with van der Waals surface area (Å²) in [5, 5.41) is 2.67. The van der Waals surface area contributed by atoms with Crippen molar-refractivity contribution >= 4 is 11.6 Å². The Hall–Kier alpha value is -4.01. The zero-order chi connectivity index (χ0) is 22.4. The average molecular weight is 425 g/mol. The van der Waals surface area contributed by atoms with E-state index >= 15 is 0 Å². The summed E-state index contributed by atoms with van der Waals surface area (Å²) in [6.45, 7) is -0.146. The van der Waals surface area contributed by atoms with Gasteiger partial charge in [-0.05, 0) is 18.2 Å². The van der Waals surface area contributed by atoms with E-state index in [2.05, 4.69) is 5.32 Å². The van der Waals surface area contributed by atoms with Crippen LogP contribution in [-0.4, -0.2) is 36.4 Å². The van der Waals surface area contributed by atoms with Gasteiger partial charge < -0.3 is 24.1 Å². The maximum Gasteiger partial charge on any atom is 0.316 e. The van der Waals surface area contributed by atoms with Crippen molar-refractivity contribution in [2.75, 3.05) is 26.6 Å². The first kappa shape index (κ1) is 21.7. The van der Waals surface area contributed by atoms with E-state index in [1.54, 1.807) is 24.3 Å². The first-order chi connectivity index (χ1) is 15.0. The first-order valence-corrected chi connectivity index (χ1v) is 9.40. The number of aromatic nitrogens is 2. The van der Waals surface area contributed by atoms with Gasteiger partial charge in [0.2, 0.25) is 5.91 Å². The van der Waals surface area contributed by atoms with Gasteiger partial charge in [-0.3, -0.25) is 19.0 Å². The molecule has 1 N–H and O–H groups in total. The van der Waals surface area contributed by atoms with Gasteiger partial charge in [0.1, 0.15) is 23.8 Å². The minimum atomic E-state index is -0.797. The summed E-state index contributed by atoms with van der Waals surface area (Å²) in [6, 6.07) is 12.2. The Morgan fingerprint density at radius 2 is 1.55 bits per heavy atom. The van der Waals surface area contributed by atoms with Crippen LogP contribution in [0.3, 0.4) is 0 Å². The highest BCUT2D eigenvalue weighted by atomic mass is 16.5. The monoisotopic (exact) mass is 425 g/mol. The lowest BCUT2D eigenvalue weighted by molar-refractivity contribution is -0.116. The number of carbonyl (C=O) groups excluding carboxylic acids is 1. The number of amides is 1. The lowest BCUT2D eigenvalue weighted by atomic mass is 10.2. The standard InChI is InChI=1S/C22H23N3O6/c1-29-16-8-9-17(19(12-16)31-3)23-20(26)14-25-11-10-24(21(27)22(25)28)13-15-6-4-5-7-18(15)30-2/h4-12H,13-14H2,1-3H3,(H,23,26). The largest absolute Gasteiger partial charge is 0.497 e. The van der Waals surface area contributed by atoms with Crippen LogP contribution < -0.4 is 30.6 Å². The molecule has 0 aliphatic carbocycles. The van der Waals surface area contributed by atoms with Crippen molar-refractivity contribution in [3.8, 4) is 17.2 Å². The van der Waals surface area contributed by atoms with E-state index in [-0.39, 0.29) is 13.1 Å². The molecule has 0 aliphatic heterocycles. The molecule has 0 fully saturated rings. The van der Waals surface area contributed by atoms with E-state index in [9.17, 15) is 14.4 Å². The van der Waals surface area contributed by atoms with Crippen molar-refractivity contribution < 1.29 is 19.0 Å². The van der Waals surface area contributed by atoms with Gasteiger partial charge in [-0.2, -0.15) is 0 Å². The Labute approximate surface area is 178 Å². The Morgan fingerprint density at radius 3 is 2.26 bits per heavy atom. The summed E-state index contributed by atoms with van der Waals surface area (Å²) in [6.07, 6.45) is 2.88. The number of anilines is 1. The van der Waals surface area contributed by atoms with Gasteiger partial charge in [-0.1, -0.05) is 18.2 Å². The summed E-state index contributed by atoms with van der Waals surface area (Å²) in [4.78, 5) is 37.5. The predicted molar refractivity (Wildman–Crippen MR) is 115 cm³/mol. The SMILES string of the molecule is COc1ccc(NC(=O)Cn2ccn(Cc3ccccc3OC)c(=O)c2=O)c(OC)c1. The summed E-state index contributed by atoms with van der Waals surface area (Å²) in [7, 11) is 4.53. The molecule has 2 aromatic carbocycles. The summed E-state index contributed by atoms with van der Waals surface area (Å²) < 4.78 is 18.0. The number of nitrogens with zero attached hydrogens (tertiary/aromatic N) is 2. The van der Waals surface area contributed by atoms with Gasteiger partial charge in [0.25, 0.3) is 0 Å². The van der Waals surface area contributed by atoms with Crippen LogP contribution in [0, 0.1) is 0 Å².